The molecule has 1 aromatic rings. The largest absolute Gasteiger partial charge is 0.356 e. The van der Waals surface area contributed by atoms with Crippen LogP contribution in [0.15, 0.2) is 12.3 Å². The number of carbonyl (C=O) groups excluding carboxylic acids is 1. The van der Waals surface area contributed by atoms with Crippen LogP contribution in [0.5, 0.6) is 0 Å². The second-order valence-electron chi connectivity index (χ2n) is 4.13. The first-order chi connectivity index (χ1) is 7.68. The number of halogens is 1. The van der Waals surface area contributed by atoms with Gasteiger partial charge in [-0.05, 0) is 54.6 Å². The zero-order valence-electron chi connectivity index (χ0n) is 9.29. The van der Waals surface area contributed by atoms with E-state index in [2.05, 4.69) is 32.9 Å². The predicted octanol–water partition coefficient (Wildman–Crippen LogP) is 1.44. The number of aromatic nitrogens is 1. The average Bonchev–Trinajstić information content (AvgIpc) is 2.75. The summed E-state index contributed by atoms with van der Waals surface area (Å²) in [6, 6.07) is 2.26. The van der Waals surface area contributed by atoms with Crippen LogP contribution in [0.2, 0.25) is 0 Å². The predicted molar refractivity (Wildman–Crippen MR) is 71.5 cm³/mol. The summed E-state index contributed by atoms with van der Waals surface area (Å²) in [7, 11) is 1.89. The van der Waals surface area contributed by atoms with E-state index in [1.165, 1.54) is 0 Å². The number of H-pyrrole nitrogens is 1. The molecule has 0 aliphatic carbocycles. The number of carbonyl (C=O) groups is 1. The molecule has 16 heavy (non-hydrogen) atoms. The van der Waals surface area contributed by atoms with Crippen molar-refractivity contribution in [3.05, 3.63) is 21.5 Å². The van der Waals surface area contributed by atoms with Gasteiger partial charge in [-0.2, -0.15) is 0 Å². The Morgan fingerprint density at radius 1 is 1.50 bits per heavy atom. The lowest BCUT2D eigenvalue weighted by Gasteiger charge is -2.31. The maximum Gasteiger partial charge on any atom is 0.270 e. The molecule has 1 fully saturated rings. The van der Waals surface area contributed by atoms with Gasteiger partial charge < -0.3 is 15.2 Å². The number of nitrogens with one attached hydrogen (secondary N) is 2. The van der Waals surface area contributed by atoms with E-state index in [-0.39, 0.29) is 5.91 Å². The zero-order valence-corrected chi connectivity index (χ0v) is 11.5. The topological polar surface area (TPSA) is 48.1 Å². The Kier molecular flexibility index (Phi) is 3.86. The van der Waals surface area contributed by atoms with Crippen LogP contribution < -0.4 is 5.32 Å². The molecule has 0 unspecified atom stereocenters. The number of amides is 1. The second-order valence-corrected chi connectivity index (χ2v) is 5.37. The third-order valence-electron chi connectivity index (χ3n) is 3.05. The van der Waals surface area contributed by atoms with Gasteiger partial charge in [-0.1, -0.05) is 0 Å². The van der Waals surface area contributed by atoms with Gasteiger partial charge in [0, 0.05) is 22.9 Å². The Labute approximate surface area is 109 Å². The van der Waals surface area contributed by atoms with Gasteiger partial charge in [0.15, 0.2) is 0 Å². The van der Waals surface area contributed by atoms with Crippen LogP contribution in [-0.2, 0) is 0 Å². The van der Waals surface area contributed by atoms with Gasteiger partial charge in [0.1, 0.15) is 5.69 Å². The molecule has 1 aromatic heterocycles. The highest BCUT2D eigenvalue weighted by Gasteiger charge is 2.23. The van der Waals surface area contributed by atoms with Crippen LogP contribution in [-0.4, -0.2) is 42.0 Å². The number of nitrogens with zero attached hydrogens (tertiary/aromatic N) is 1. The first kappa shape index (κ1) is 11.9. The third-order valence-corrected chi connectivity index (χ3v) is 3.68. The molecule has 0 radical (unpaired) electrons. The summed E-state index contributed by atoms with van der Waals surface area (Å²) in [4.78, 5) is 17.0. The summed E-state index contributed by atoms with van der Waals surface area (Å²) >= 11 is 2.20. The lowest BCUT2D eigenvalue weighted by molar-refractivity contribution is 0.0698. The van der Waals surface area contributed by atoms with Crippen molar-refractivity contribution in [3.8, 4) is 0 Å². The van der Waals surface area contributed by atoms with E-state index >= 15 is 0 Å². The number of hydrogen-bond donors (Lipinski definition) is 2. The number of piperidine rings is 1. The number of aromatic amines is 1. The average molecular weight is 333 g/mol. The minimum atomic E-state index is 0.0924. The van der Waals surface area contributed by atoms with Crippen molar-refractivity contribution in [2.24, 2.45) is 0 Å². The van der Waals surface area contributed by atoms with Gasteiger partial charge in [-0.25, -0.2) is 0 Å². The van der Waals surface area contributed by atoms with E-state index in [0.29, 0.717) is 11.7 Å². The van der Waals surface area contributed by atoms with Crippen LogP contribution in [0.4, 0.5) is 0 Å². The zero-order chi connectivity index (χ0) is 11.5. The molecule has 2 N–H and O–H groups in total. The van der Waals surface area contributed by atoms with Crippen LogP contribution in [0, 0.1) is 3.57 Å². The Balaban J connectivity index is 2.03. The molecule has 2 rings (SSSR count). The van der Waals surface area contributed by atoms with Crippen molar-refractivity contribution in [3.63, 3.8) is 0 Å². The Morgan fingerprint density at radius 2 is 2.19 bits per heavy atom. The lowest BCUT2D eigenvalue weighted by Crippen LogP contribution is -2.44. The van der Waals surface area contributed by atoms with E-state index < -0.39 is 0 Å². The van der Waals surface area contributed by atoms with Gasteiger partial charge >= 0.3 is 0 Å². The summed E-state index contributed by atoms with van der Waals surface area (Å²) in [5.74, 6) is 0.0924. The summed E-state index contributed by atoms with van der Waals surface area (Å²) in [5.41, 5.74) is 0.686. The number of rotatable bonds is 2. The van der Waals surface area contributed by atoms with Crippen molar-refractivity contribution in [1.82, 2.24) is 15.2 Å². The molecule has 2 heterocycles. The highest BCUT2D eigenvalue weighted by molar-refractivity contribution is 14.1. The molecule has 5 heteroatoms. The molecule has 0 aromatic carbocycles. The summed E-state index contributed by atoms with van der Waals surface area (Å²) in [5, 5.41) is 3.31. The molecule has 0 spiro atoms. The number of hydrogen-bond acceptors (Lipinski definition) is 2. The van der Waals surface area contributed by atoms with E-state index in [1.54, 1.807) is 0 Å². The molecule has 4 nitrogen and oxygen atoms in total. The molecule has 1 aliphatic rings. The molecule has 0 bridgehead atoms. The standard InChI is InChI=1S/C11H16IN3O/c1-15(9-2-4-13-5-3-9)11(16)10-6-8(12)7-14-10/h6-7,9,13-14H,2-5H2,1H3. The fourth-order valence-electron chi connectivity index (χ4n) is 2.04. The lowest BCUT2D eigenvalue weighted by atomic mass is 10.1. The van der Waals surface area contributed by atoms with Gasteiger partial charge in [0.25, 0.3) is 5.91 Å². The first-order valence-electron chi connectivity index (χ1n) is 5.50. The molecule has 1 aliphatic heterocycles. The van der Waals surface area contributed by atoms with E-state index in [0.717, 1.165) is 29.5 Å². The van der Waals surface area contributed by atoms with E-state index in [1.807, 2.05) is 24.2 Å². The van der Waals surface area contributed by atoms with Crippen LogP contribution in [0.1, 0.15) is 23.3 Å². The molecule has 88 valence electrons. The summed E-state index contributed by atoms with van der Waals surface area (Å²) in [6.45, 7) is 2.01. The summed E-state index contributed by atoms with van der Waals surface area (Å²) < 4.78 is 1.07. The highest BCUT2D eigenvalue weighted by atomic mass is 127. The Hall–Kier alpha value is -0.560. The third kappa shape index (κ3) is 2.57. The highest BCUT2D eigenvalue weighted by Crippen LogP contribution is 2.14. The van der Waals surface area contributed by atoms with Crippen molar-refractivity contribution in [1.29, 1.82) is 0 Å². The smallest absolute Gasteiger partial charge is 0.270 e. The van der Waals surface area contributed by atoms with Crippen molar-refractivity contribution >= 4 is 28.5 Å². The molecule has 1 saturated heterocycles. The maximum atomic E-state index is 12.1. The normalized spacial score (nSPS) is 17.4. The van der Waals surface area contributed by atoms with Crippen molar-refractivity contribution < 1.29 is 4.79 Å². The van der Waals surface area contributed by atoms with Crippen LogP contribution in [0.3, 0.4) is 0 Å². The monoisotopic (exact) mass is 333 g/mol. The van der Waals surface area contributed by atoms with Crippen LogP contribution in [0.25, 0.3) is 0 Å². The quantitative estimate of drug-likeness (QED) is 0.805. The maximum absolute atomic E-state index is 12.1. The molecule has 1 amide bonds. The second kappa shape index (κ2) is 5.18. The molecular weight excluding hydrogens is 317 g/mol. The van der Waals surface area contributed by atoms with Crippen molar-refractivity contribution in [2.45, 2.75) is 18.9 Å². The van der Waals surface area contributed by atoms with E-state index in [9.17, 15) is 4.79 Å². The fourth-order valence-corrected chi connectivity index (χ4v) is 2.51. The summed E-state index contributed by atoms with van der Waals surface area (Å²) in [6.07, 6.45) is 3.93. The Morgan fingerprint density at radius 3 is 2.75 bits per heavy atom. The van der Waals surface area contributed by atoms with Gasteiger partial charge in [-0.15, -0.1) is 0 Å². The van der Waals surface area contributed by atoms with Gasteiger partial charge in [0.05, 0.1) is 0 Å². The van der Waals surface area contributed by atoms with Gasteiger partial charge in [-0.3, -0.25) is 4.79 Å². The van der Waals surface area contributed by atoms with Crippen LogP contribution >= 0.6 is 22.6 Å². The molecular formula is C11H16IN3O. The van der Waals surface area contributed by atoms with Gasteiger partial charge in [0.2, 0.25) is 0 Å². The van der Waals surface area contributed by atoms with Crippen molar-refractivity contribution in [2.75, 3.05) is 20.1 Å². The Bertz CT molecular complexity index is 371. The minimum Gasteiger partial charge on any atom is -0.356 e. The fraction of sp³-hybridized carbons (Fsp3) is 0.545. The first-order valence-corrected chi connectivity index (χ1v) is 6.58. The molecule has 0 saturated carbocycles. The van der Waals surface area contributed by atoms with E-state index in [4.69, 9.17) is 0 Å². The molecule has 0 atom stereocenters. The SMILES string of the molecule is CN(C(=O)c1cc(I)c[nH]1)C1CCNCC1. The minimum absolute atomic E-state index is 0.0924.